The van der Waals surface area contributed by atoms with Gasteiger partial charge in [0, 0.05) is 16.6 Å². The minimum atomic E-state index is -0.448. The highest BCUT2D eigenvalue weighted by Gasteiger charge is 2.19. The number of nitrogens with one attached hydrogen (secondary N) is 2. The Morgan fingerprint density at radius 2 is 1.81 bits per heavy atom. The second-order valence-electron chi connectivity index (χ2n) is 8.62. The SMILES string of the molecule is COC(=O)c1ccc(NC(=O)CSc2nc3c([nH]c4ccccc43)c(=O)n2-c2cc(C)ccc2C)cc1. The number of amides is 1. The molecular formula is C28H24N4O4S. The fourth-order valence-corrected chi connectivity index (χ4v) is 4.95. The number of aromatic nitrogens is 3. The van der Waals surface area contributed by atoms with Crippen LogP contribution in [0.2, 0.25) is 0 Å². The summed E-state index contributed by atoms with van der Waals surface area (Å²) in [7, 11) is 1.31. The molecule has 0 saturated carbocycles. The number of ether oxygens (including phenoxy) is 1. The fourth-order valence-electron chi connectivity index (χ4n) is 4.15. The van der Waals surface area contributed by atoms with Crippen LogP contribution in [0.15, 0.2) is 76.7 Å². The Bertz CT molecular complexity index is 1720. The van der Waals surface area contributed by atoms with Crippen molar-refractivity contribution in [2.45, 2.75) is 19.0 Å². The van der Waals surface area contributed by atoms with E-state index in [9.17, 15) is 14.4 Å². The van der Waals surface area contributed by atoms with Gasteiger partial charge in [-0.25, -0.2) is 9.78 Å². The first-order valence-corrected chi connectivity index (χ1v) is 12.6. The van der Waals surface area contributed by atoms with Crippen molar-refractivity contribution in [3.63, 3.8) is 0 Å². The van der Waals surface area contributed by atoms with Gasteiger partial charge in [-0.15, -0.1) is 0 Å². The van der Waals surface area contributed by atoms with Crippen LogP contribution >= 0.6 is 11.8 Å². The zero-order chi connectivity index (χ0) is 26.1. The highest BCUT2D eigenvalue weighted by molar-refractivity contribution is 7.99. The van der Waals surface area contributed by atoms with Gasteiger partial charge in [0.05, 0.1) is 24.1 Å². The Morgan fingerprint density at radius 1 is 1.05 bits per heavy atom. The summed E-state index contributed by atoms with van der Waals surface area (Å²) in [6, 6.07) is 20.0. The maximum absolute atomic E-state index is 13.8. The van der Waals surface area contributed by atoms with Crippen molar-refractivity contribution < 1.29 is 14.3 Å². The first-order chi connectivity index (χ1) is 17.9. The van der Waals surface area contributed by atoms with Crippen molar-refractivity contribution >= 4 is 51.3 Å². The topological polar surface area (TPSA) is 106 Å². The number of carbonyl (C=O) groups excluding carboxylic acids is 2. The highest BCUT2D eigenvalue weighted by Crippen LogP contribution is 2.27. The third kappa shape index (κ3) is 4.73. The molecule has 0 atom stereocenters. The largest absolute Gasteiger partial charge is 0.465 e. The van der Waals surface area contributed by atoms with Gasteiger partial charge < -0.3 is 15.0 Å². The maximum atomic E-state index is 13.8. The van der Waals surface area contributed by atoms with E-state index in [0.717, 1.165) is 27.7 Å². The van der Waals surface area contributed by atoms with E-state index in [0.29, 0.717) is 27.4 Å². The summed E-state index contributed by atoms with van der Waals surface area (Å²) in [5.41, 5.74) is 5.18. The summed E-state index contributed by atoms with van der Waals surface area (Å²) in [4.78, 5) is 46.3. The van der Waals surface area contributed by atoms with E-state index in [2.05, 4.69) is 10.3 Å². The second kappa shape index (κ2) is 9.94. The molecule has 5 rings (SSSR count). The molecule has 5 aromatic rings. The summed E-state index contributed by atoms with van der Waals surface area (Å²) in [6.07, 6.45) is 0. The van der Waals surface area contributed by atoms with Gasteiger partial charge in [-0.2, -0.15) is 0 Å². The monoisotopic (exact) mass is 512 g/mol. The molecular weight excluding hydrogens is 488 g/mol. The smallest absolute Gasteiger partial charge is 0.337 e. The predicted molar refractivity (Wildman–Crippen MR) is 146 cm³/mol. The highest BCUT2D eigenvalue weighted by atomic mass is 32.2. The Balaban J connectivity index is 1.50. The van der Waals surface area contributed by atoms with Crippen LogP contribution in [-0.2, 0) is 9.53 Å². The van der Waals surface area contributed by atoms with Crippen molar-refractivity contribution in [1.29, 1.82) is 0 Å². The Kier molecular flexibility index (Phi) is 6.54. The number of aromatic amines is 1. The molecule has 0 saturated heterocycles. The number of benzene rings is 3. The van der Waals surface area contributed by atoms with E-state index in [1.54, 1.807) is 28.8 Å². The number of rotatable bonds is 6. The van der Waals surface area contributed by atoms with Crippen molar-refractivity contribution in [3.8, 4) is 5.69 Å². The van der Waals surface area contributed by atoms with Gasteiger partial charge >= 0.3 is 5.97 Å². The summed E-state index contributed by atoms with van der Waals surface area (Å²) in [6.45, 7) is 3.91. The Labute approximate surface area is 216 Å². The third-order valence-electron chi connectivity index (χ3n) is 6.02. The molecule has 2 heterocycles. The average Bonchev–Trinajstić information content (AvgIpc) is 3.28. The quantitative estimate of drug-likeness (QED) is 0.188. The van der Waals surface area contributed by atoms with Crippen LogP contribution in [0, 0.1) is 13.8 Å². The maximum Gasteiger partial charge on any atom is 0.337 e. The standard InChI is InChI=1S/C28H24N4O4S/c1-16-8-9-17(2)22(14-16)32-26(34)25-24(20-6-4-5-7-21(20)30-25)31-28(32)37-15-23(33)29-19-12-10-18(11-13-19)27(35)36-3/h4-14,30H,15H2,1-3H3,(H,29,33). The van der Waals surface area contributed by atoms with Gasteiger partial charge in [-0.05, 0) is 61.4 Å². The van der Waals surface area contributed by atoms with Gasteiger partial charge in [0.1, 0.15) is 11.0 Å². The molecule has 0 spiro atoms. The first-order valence-electron chi connectivity index (χ1n) is 11.6. The number of H-pyrrole nitrogens is 1. The van der Waals surface area contributed by atoms with Gasteiger partial charge in [0.25, 0.3) is 5.56 Å². The van der Waals surface area contributed by atoms with Crippen LogP contribution in [-0.4, -0.2) is 39.3 Å². The molecule has 0 radical (unpaired) electrons. The van der Waals surface area contributed by atoms with E-state index in [1.165, 1.54) is 18.9 Å². The van der Waals surface area contributed by atoms with Crippen LogP contribution in [0.25, 0.3) is 27.6 Å². The van der Waals surface area contributed by atoms with Crippen LogP contribution in [0.3, 0.4) is 0 Å². The summed E-state index contributed by atoms with van der Waals surface area (Å²) in [5, 5.41) is 4.09. The number of anilines is 1. The number of hydrogen-bond donors (Lipinski definition) is 2. The molecule has 0 unspecified atom stereocenters. The van der Waals surface area contributed by atoms with Crippen LogP contribution in [0.5, 0.6) is 0 Å². The fraction of sp³-hybridized carbons (Fsp3) is 0.143. The van der Waals surface area contributed by atoms with Crippen molar-refractivity contribution in [3.05, 3.63) is 93.8 Å². The van der Waals surface area contributed by atoms with E-state index < -0.39 is 5.97 Å². The number of methoxy groups -OCH3 is 1. The first kappa shape index (κ1) is 24.3. The summed E-state index contributed by atoms with van der Waals surface area (Å²) in [5.74, 6) is -0.683. The van der Waals surface area contributed by atoms with Crippen molar-refractivity contribution in [2.24, 2.45) is 0 Å². The molecule has 1 amide bonds. The number of fused-ring (bicyclic) bond motifs is 3. The number of esters is 1. The van der Waals surface area contributed by atoms with Crippen molar-refractivity contribution in [2.75, 3.05) is 18.2 Å². The van der Waals surface area contributed by atoms with Gasteiger partial charge in [0.15, 0.2) is 5.16 Å². The average molecular weight is 513 g/mol. The van der Waals surface area contributed by atoms with Crippen molar-refractivity contribution in [1.82, 2.24) is 14.5 Å². The zero-order valence-corrected chi connectivity index (χ0v) is 21.3. The molecule has 2 N–H and O–H groups in total. The lowest BCUT2D eigenvalue weighted by Crippen LogP contribution is -2.23. The van der Waals surface area contributed by atoms with Gasteiger partial charge in [-0.3, -0.25) is 14.2 Å². The predicted octanol–water partition coefficient (Wildman–Crippen LogP) is 5.00. The molecule has 0 bridgehead atoms. The minimum absolute atomic E-state index is 0.0317. The number of carbonyl (C=O) groups is 2. The summed E-state index contributed by atoms with van der Waals surface area (Å²) >= 11 is 1.19. The van der Waals surface area contributed by atoms with E-state index in [4.69, 9.17) is 9.72 Å². The minimum Gasteiger partial charge on any atom is -0.465 e. The van der Waals surface area contributed by atoms with Gasteiger partial charge in [0.2, 0.25) is 5.91 Å². The Morgan fingerprint density at radius 3 is 2.57 bits per heavy atom. The number of hydrogen-bond acceptors (Lipinski definition) is 6. The lowest BCUT2D eigenvalue weighted by atomic mass is 10.1. The van der Waals surface area contributed by atoms with Crippen LogP contribution in [0.4, 0.5) is 5.69 Å². The number of aryl methyl sites for hydroxylation is 2. The Hall–Kier alpha value is -4.37. The zero-order valence-electron chi connectivity index (χ0n) is 20.5. The molecule has 37 heavy (non-hydrogen) atoms. The molecule has 186 valence electrons. The lowest BCUT2D eigenvalue weighted by Gasteiger charge is -2.15. The van der Waals surface area contributed by atoms with E-state index in [1.807, 2.05) is 56.3 Å². The molecule has 3 aromatic carbocycles. The molecule has 0 aliphatic heterocycles. The lowest BCUT2D eigenvalue weighted by molar-refractivity contribution is -0.113. The second-order valence-corrected chi connectivity index (χ2v) is 9.57. The van der Waals surface area contributed by atoms with Crippen LogP contribution in [0.1, 0.15) is 21.5 Å². The number of para-hydroxylation sites is 1. The third-order valence-corrected chi connectivity index (χ3v) is 6.96. The summed E-state index contributed by atoms with van der Waals surface area (Å²) < 4.78 is 6.28. The molecule has 0 aliphatic carbocycles. The molecule has 2 aromatic heterocycles. The van der Waals surface area contributed by atoms with Crippen LogP contribution < -0.4 is 10.9 Å². The molecule has 8 nitrogen and oxygen atoms in total. The molecule has 9 heteroatoms. The normalized spacial score (nSPS) is 11.1. The number of nitrogens with zero attached hydrogens (tertiary/aromatic N) is 2. The molecule has 0 fully saturated rings. The van der Waals surface area contributed by atoms with Gasteiger partial charge in [-0.1, -0.05) is 42.1 Å². The molecule has 0 aliphatic rings. The van der Waals surface area contributed by atoms with E-state index in [-0.39, 0.29) is 17.2 Å². The van der Waals surface area contributed by atoms with E-state index >= 15 is 0 Å². The number of thioether (sulfide) groups is 1.